The number of hydrogen-bond donors (Lipinski definition) is 1. The monoisotopic (exact) mass is 618 g/mol. The normalized spacial score (nSPS) is 28.1. The van der Waals surface area contributed by atoms with E-state index in [4.69, 9.17) is 23.2 Å². The van der Waals surface area contributed by atoms with Gasteiger partial charge in [-0.3, -0.25) is 14.5 Å². The summed E-state index contributed by atoms with van der Waals surface area (Å²) >= 11 is 17.5. The molecular weight excluding hydrogens is 599 g/mol. The first-order chi connectivity index (χ1) is 18.1. The lowest BCUT2D eigenvalue weighted by molar-refractivity contribution is -0.138. The molecule has 3 aromatic rings. The summed E-state index contributed by atoms with van der Waals surface area (Å²) in [7, 11) is 0. The maximum atomic E-state index is 13.8. The molecule has 6 rings (SSSR count). The zero-order chi connectivity index (χ0) is 27.1. The quantitative estimate of drug-likeness (QED) is 0.210. The summed E-state index contributed by atoms with van der Waals surface area (Å²) in [6.45, 7) is 1.76. The number of benzene rings is 2. The zero-order valence-corrected chi connectivity index (χ0v) is 23.1. The molecule has 1 saturated carbocycles. The molecule has 2 aliphatic heterocycles. The van der Waals surface area contributed by atoms with E-state index in [2.05, 4.69) is 15.9 Å². The van der Waals surface area contributed by atoms with Crippen LogP contribution in [0.4, 0.5) is 0 Å². The van der Waals surface area contributed by atoms with Gasteiger partial charge in [-0.25, -0.2) is 23.5 Å². The van der Waals surface area contributed by atoms with Crippen molar-refractivity contribution in [2.24, 2.45) is 0 Å². The average Bonchev–Trinajstić information content (AvgIpc) is 3.24. The molecular formula is C26H21BrCl2N4O5. The number of fused-ring (bicyclic) bond motifs is 4. The van der Waals surface area contributed by atoms with Crippen LogP contribution in [0.5, 0.6) is 5.75 Å². The number of para-hydroxylation sites is 1. The van der Waals surface area contributed by atoms with Gasteiger partial charge in [-0.05, 0) is 41.8 Å². The van der Waals surface area contributed by atoms with Crippen LogP contribution in [-0.2, 0) is 16.1 Å². The van der Waals surface area contributed by atoms with E-state index < -0.39 is 44.9 Å². The highest BCUT2D eigenvalue weighted by Gasteiger charge is 2.75. The number of rotatable bonds is 3. The molecule has 1 N–H and O–H groups in total. The van der Waals surface area contributed by atoms with E-state index in [0.717, 1.165) is 9.47 Å². The molecule has 9 nitrogen and oxygen atoms in total. The number of carbonyl (C=O) groups is 2. The molecule has 2 aromatic carbocycles. The topological polar surface area (TPSA) is 107 Å². The molecule has 12 heteroatoms. The molecule has 38 heavy (non-hydrogen) atoms. The number of amides is 2. The molecule has 1 aromatic heterocycles. The van der Waals surface area contributed by atoms with Crippen molar-refractivity contribution in [2.75, 3.05) is 5.45 Å². The van der Waals surface area contributed by atoms with Crippen LogP contribution in [0.25, 0.3) is 5.69 Å². The highest BCUT2D eigenvalue weighted by atomic mass is 79.9. The minimum Gasteiger partial charge on any atom is -0.508 e. The minimum absolute atomic E-state index is 0.0554. The molecule has 0 unspecified atom stereocenters. The number of aromatic hydroxyl groups is 1. The standard InChI is InChI=1S/C26H21BrCl2N4O5/c1-14-11-15(7-8-19(14)34)20-17-9-10-31-23(37)32(16-5-3-2-4-6-16)24(38)33(31)18(17)12-25(28)21(35)30(13-27)22(36)26(20,25)29/h2-9,11,18,20,34H,10,12-13H2,1H3/t18-,20+,25-,26+/m1/s1. The van der Waals surface area contributed by atoms with Crippen LogP contribution in [0.1, 0.15) is 29.5 Å². The summed E-state index contributed by atoms with van der Waals surface area (Å²) in [6.07, 6.45) is 1.60. The number of phenolic OH excluding ortho intramolecular Hbond substituents is 1. The maximum absolute atomic E-state index is 13.8. The number of allylic oxidation sites excluding steroid dienone is 2. The molecule has 196 valence electrons. The van der Waals surface area contributed by atoms with Crippen LogP contribution in [0, 0.1) is 6.92 Å². The van der Waals surface area contributed by atoms with Crippen molar-refractivity contribution in [3.8, 4) is 11.4 Å². The predicted octanol–water partition coefficient (Wildman–Crippen LogP) is 3.16. The second-order valence-electron chi connectivity index (χ2n) is 9.74. The minimum atomic E-state index is -1.91. The number of likely N-dealkylation sites (tertiary alicyclic amines) is 1. The van der Waals surface area contributed by atoms with Gasteiger partial charge in [0.15, 0.2) is 9.75 Å². The fourth-order valence-electron chi connectivity index (χ4n) is 6.05. The molecule has 0 spiro atoms. The Labute approximate surface area is 234 Å². The Bertz CT molecular complexity index is 1680. The lowest BCUT2D eigenvalue weighted by Crippen LogP contribution is -2.59. The van der Waals surface area contributed by atoms with Gasteiger partial charge in [0.2, 0.25) is 0 Å². The number of halogens is 3. The molecule has 2 fully saturated rings. The summed E-state index contributed by atoms with van der Waals surface area (Å²) in [5, 5.41) is 10.2. The molecule has 3 aliphatic rings. The van der Waals surface area contributed by atoms with Gasteiger partial charge in [0.25, 0.3) is 11.8 Å². The number of hydrogen-bond acceptors (Lipinski definition) is 5. The van der Waals surface area contributed by atoms with Crippen molar-refractivity contribution >= 4 is 50.9 Å². The van der Waals surface area contributed by atoms with E-state index >= 15 is 0 Å². The van der Waals surface area contributed by atoms with E-state index in [1.807, 2.05) is 0 Å². The lowest BCUT2D eigenvalue weighted by Gasteiger charge is -2.49. The van der Waals surface area contributed by atoms with E-state index in [1.165, 1.54) is 15.4 Å². The molecule has 4 atom stereocenters. The van der Waals surface area contributed by atoms with Gasteiger partial charge in [0, 0.05) is 12.3 Å². The van der Waals surface area contributed by atoms with Crippen LogP contribution in [0.15, 0.2) is 69.8 Å². The summed E-state index contributed by atoms with van der Waals surface area (Å²) in [6, 6.07) is 12.5. The van der Waals surface area contributed by atoms with Crippen molar-refractivity contribution < 1.29 is 14.7 Å². The molecule has 0 radical (unpaired) electrons. The number of alkyl halides is 3. The smallest absolute Gasteiger partial charge is 0.352 e. The van der Waals surface area contributed by atoms with Crippen molar-refractivity contribution in [2.45, 2.75) is 41.6 Å². The molecule has 3 heterocycles. The van der Waals surface area contributed by atoms with E-state index in [1.54, 1.807) is 55.5 Å². The van der Waals surface area contributed by atoms with Gasteiger partial charge in [-0.2, -0.15) is 0 Å². The number of aromatic nitrogens is 3. The highest BCUT2D eigenvalue weighted by Crippen LogP contribution is 2.63. The zero-order valence-electron chi connectivity index (χ0n) is 20.0. The molecule has 1 aliphatic carbocycles. The summed E-state index contributed by atoms with van der Waals surface area (Å²) in [5.41, 5.74) is 0.883. The largest absolute Gasteiger partial charge is 0.508 e. The third kappa shape index (κ3) is 3.05. The van der Waals surface area contributed by atoms with Gasteiger partial charge >= 0.3 is 11.4 Å². The van der Waals surface area contributed by atoms with E-state index in [0.29, 0.717) is 22.4 Å². The number of nitrogens with zero attached hydrogens (tertiary/aromatic N) is 4. The predicted molar refractivity (Wildman–Crippen MR) is 144 cm³/mol. The third-order valence-electron chi connectivity index (χ3n) is 7.85. The Hall–Kier alpha value is -3.08. The Morgan fingerprint density at radius 3 is 2.39 bits per heavy atom. The first-order valence-corrected chi connectivity index (χ1v) is 13.7. The van der Waals surface area contributed by atoms with Crippen LogP contribution in [0.2, 0.25) is 0 Å². The fraction of sp³-hybridized carbons (Fsp3) is 0.308. The number of imide groups is 1. The summed E-state index contributed by atoms with van der Waals surface area (Å²) in [5.74, 6) is -2.19. The second-order valence-corrected chi connectivity index (χ2v) is 11.5. The fourth-order valence-corrected chi connectivity index (χ4v) is 7.45. The Kier molecular flexibility index (Phi) is 5.61. The van der Waals surface area contributed by atoms with Gasteiger partial charge in [-0.1, -0.05) is 52.3 Å². The second kappa shape index (κ2) is 8.46. The number of carbonyl (C=O) groups excluding carboxylic acids is 2. The average molecular weight is 620 g/mol. The lowest BCUT2D eigenvalue weighted by atomic mass is 9.64. The van der Waals surface area contributed by atoms with Crippen LogP contribution in [-0.4, -0.2) is 51.0 Å². The van der Waals surface area contributed by atoms with Crippen molar-refractivity contribution in [1.29, 1.82) is 0 Å². The van der Waals surface area contributed by atoms with Gasteiger partial charge in [0.1, 0.15) is 5.75 Å². The Morgan fingerprint density at radius 1 is 1.03 bits per heavy atom. The van der Waals surface area contributed by atoms with E-state index in [9.17, 15) is 24.3 Å². The Morgan fingerprint density at radius 2 is 1.74 bits per heavy atom. The van der Waals surface area contributed by atoms with Crippen LogP contribution in [0.3, 0.4) is 0 Å². The third-order valence-corrected chi connectivity index (χ3v) is 9.77. The van der Waals surface area contributed by atoms with Gasteiger partial charge < -0.3 is 5.11 Å². The van der Waals surface area contributed by atoms with Crippen molar-refractivity contribution in [1.82, 2.24) is 18.8 Å². The molecule has 2 amide bonds. The Balaban J connectivity index is 1.62. The van der Waals surface area contributed by atoms with Crippen LogP contribution >= 0.6 is 39.1 Å². The maximum Gasteiger partial charge on any atom is 0.352 e. The first kappa shape index (κ1) is 25.2. The van der Waals surface area contributed by atoms with Crippen molar-refractivity contribution in [3.05, 3.63) is 92.3 Å². The summed E-state index contributed by atoms with van der Waals surface area (Å²) in [4.78, 5) is 51.7. The van der Waals surface area contributed by atoms with Gasteiger partial charge in [0.05, 0.1) is 23.7 Å². The first-order valence-electron chi connectivity index (χ1n) is 11.9. The molecule has 1 saturated heterocycles. The van der Waals surface area contributed by atoms with Crippen molar-refractivity contribution in [3.63, 3.8) is 0 Å². The number of phenols is 1. The molecule has 0 bridgehead atoms. The summed E-state index contributed by atoms with van der Waals surface area (Å²) < 4.78 is 3.71. The highest BCUT2D eigenvalue weighted by molar-refractivity contribution is 9.09. The number of aryl methyl sites for hydroxylation is 1. The van der Waals surface area contributed by atoms with E-state index in [-0.39, 0.29) is 24.2 Å². The van der Waals surface area contributed by atoms with Gasteiger partial charge in [-0.15, -0.1) is 23.2 Å². The van der Waals surface area contributed by atoms with Crippen LogP contribution < -0.4 is 11.4 Å². The SMILES string of the molecule is Cc1cc([C@H]2C3=CCn4c(=O)n(-c5ccccc5)c(=O)n4[C@@H]3C[C@@]3(Cl)C(=O)N(CBr)C(=O)[C@@]23Cl)ccc1O.